The standard InChI is InChI=1S/C19H28N4O5/c1-13(2)19(25)20-10-14-5-4-8-22(11-14)12-18(24)21-16-7-6-15(23(26)27)9-17(16)28-3/h6-7,9,13-14H,4-5,8,10-12H2,1-3H3,(H,20,25)(H,21,24). The Hall–Kier alpha value is -2.68. The highest BCUT2D eigenvalue weighted by Gasteiger charge is 2.23. The average molecular weight is 392 g/mol. The number of piperidine rings is 1. The van der Waals surface area contributed by atoms with Crippen LogP contribution in [0.5, 0.6) is 5.75 Å². The molecule has 1 unspecified atom stereocenters. The van der Waals surface area contributed by atoms with E-state index < -0.39 is 4.92 Å². The van der Waals surface area contributed by atoms with Gasteiger partial charge in [-0.3, -0.25) is 24.6 Å². The number of rotatable bonds is 8. The highest BCUT2D eigenvalue weighted by Crippen LogP contribution is 2.29. The fourth-order valence-corrected chi connectivity index (χ4v) is 3.20. The maximum Gasteiger partial charge on any atom is 0.273 e. The normalized spacial score (nSPS) is 17.2. The number of ether oxygens (including phenoxy) is 1. The lowest BCUT2D eigenvalue weighted by Crippen LogP contribution is -2.44. The largest absolute Gasteiger partial charge is 0.494 e. The number of hydrogen-bond acceptors (Lipinski definition) is 6. The summed E-state index contributed by atoms with van der Waals surface area (Å²) in [6.07, 6.45) is 1.99. The molecule has 2 amide bonds. The Balaban J connectivity index is 1.88. The molecule has 1 saturated heterocycles. The van der Waals surface area contributed by atoms with Gasteiger partial charge in [0.1, 0.15) is 5.75 Å². The number of nitrogens with one attached hydrogen (secondary N) is 2. The van der Waals surface area contributed by atoms with Gasteiger partial charge >= 0.3 is 0 Å². The van der Waals surface area contributed by atoms with Gasteiger partial charge in [-0.1, -0.05) is 13.8 Å². The van der Waals surface area contributed by atoms with Crippen molar-refractivity contribution < 1.29 is 19.2 Å². The summed E-state index contributed by atoms with van der Waals surface area (Å²) in [5.41, 5.74) is 0.299. The number of nitro groups is 1. The summed E-state index contributed by atoms with van der Waals surface area (Å²) in [5.74, 6) is 0.356. The fraction of sp³-hybridized carbons (Fsp3) is 0.579. The second-order valence-electron chi connectivity index (χ2n) is 7.33. The summed E-state index contributed by atoms with van der Waals surface area (Å²) in [6, 6.07) is 4.08. The third-order valence-corrected chi connectivity index (χ3v) is 4.73. The average Bonchev–Trinajstić information content (AvgIpc) is 2.66. The van der Waals surface area contributed by atoms with Crippen LogP contribution in [-0.4, -0.2) is 54.9 Å². The molecule has 1 aromatic rings. The van der Waals surface area contributed by atoms with Gasteiger partial charge in [-0.15, -0.1) is 0 Å². The molecule has 1 heterocycles. The van der Waals surface area contributed by atoms with Crippen LogP contribution in [0.2, 0.25) is 0 Å². The molecule has 0 saturated carbocycles. The first-order chi connectivity index (χ1) is 13.3. The monoisotopic (exact) mass is 392 g/mol. The van der Waals surface area contributed by atoms with Crippen LogP contribution in [0.3, 0.4) is 0 Å². The third-order valence-electron chi connectivity index (χ3n) is 4.73. The summed E-state index contributed by atoms with van der Waals surface area (Å²) in [6.45, 7) is 6.11. The quantitative estimate of drug-likeness (QED) is 0.517. The van der Waals surface area contributed by atoms with Crippen molar-refractivity contribution in [2.75, 3.05) is 38.6 Å². The Kier molecular flexibility index (Phi) is 7.74. The van der Waals surface area contributed by atoms with E-state index >= 15 is 0 Å². The lowest BCUT2D eigenvalue weighted by molar-refractivity contribution is -0.384. The number of benzene rings is 1. The number of anilines is 1. The number of nitro benzene ring substituents is 1. The van der Waals surface area contributed by atoms with Crippen LogP contribution < -0.4 is 15.4 Å². The summed E-state index contributed by atoms with van der Waals surface area (Å²) in [7, 11) is 1.40. The first-order valence-electron chi connectivity index (χ1n) is 9.42. The van der Waals surface area contributed by atoms with E-state index in [4.69, 9.17) is 4.74 Å². The molecule has 1 aliphatic rings. The van der Waals surface area contributed by atoms with Crippen LogP contribution in [0.1, 0.15) is 26.7 Å². The minimum absolute atomic E-state index is 0.0397. The number of nitrogens with zero attached hydrogens (tertiary/aromatic N) is 2. The number of hydrogen-bond donors (Lipinski definition) is 2. The molecule has 1 fully saturated rings. The summed E-state index contributed by atoms with van der Waals surface area (Å²) < 4.78 is 5.14. The maximum atomic E-state index is 12.4. The molecule has 0 spiro atoms. The van der Waals surface area contributed by atoms with E-state index in [9.17, 15) is 19.7 Å². The topological polar surface area (TPSA) is 114 Å². The zero-order valence-electron chi connectivity index (χ0n) is 16.6. The van der Waals surface area contributed by atoms with Gasteiger partial charge in [0.2, 0.25) is 11.8 Å². The smallest absolute Gasteiger partial charge is 0.273 e. The molecule has 2 N–H and O–H groups in total. The molecule has 9 heteroatoms. The zero-order valence-corrected chi connectivity index (χ0v) is 16.6. The lowest BCUT2D eigenvalue weighted by atomic mass is 9.97. The van der Waals surface area contributed by atoms with Gasteiger partial charge in [-0.05, 0) is 31.4 Å². The van der Waals surface area contributed by atoms with Gasteiger partial charge < -0.3 is 15.4 Å². The summed E-state index contributed by atoms with van der Waals surface area (Å²) in [4.78, 5) is 36.6. The lowest BCUT2D eigenvalue weighted by Gasteiger charge is -2.32. The van der Waals surface area contributed by atoms with E-state index in [2.05, 4.69) is 15.5 Å². The van der Waals surface area contributed by atoms with Crippen LogP contribution in [0.15, 0.2) is 18.2 Å². The molecular weight excluding hydrogens is 364 g/mol. The first kappa shape index (κ1) is 21.6. The van der Waals surface area contributed by atoms with Crippen LogP contribution in [0.25, 0.3) is 0 Å². The predicted molar refractivity (Wildman–Crippen MR) is 105 cm³/mol. The van der Waals surface area contributed by atoms with Crippen molar-refractivity contribution in [1.82, 2.24) is 10.2 Å². The van der Waals surface area contributed by atoms with E-state index in [1.54, 1.807) is 0 Å². The predicted octanol–water partition coefficient (Wildman–Crippen LogP) is 2.03. The van der Waals surface area contributed by atoms with E-state index in [1.165, 1.54) is 25.3 Å². The van der Waals surface area contributed by atoms with Gasteiger partial charge in [0.25, 0.3) is 5.69 Å². The number of carbonyl (C=O) groups is 2. The van der Waals surface area contributed by atoms with E-state index in [0.717, 1.165) is 25.9 Å². The Bertz CT molecular complexity index is 722. The Morgan fingerprint density at radius 2 is 2.14 bits per heavy atom. The molecular formula is C19H28N4O5. The van der Waals surface area contributed by atoms with E-state index in [-0.39, 0.29) is 35.7 Å². The number of methoxy groups -OCH3 is 1. The van der Waals surface area contributed by atoms with Gasteiger partial charge in [0.05, 0.1) is 30.3 Å². The molecule has 9 nitrogen and oxygen atoms in total. The molecule has 2 rings (SSSR count). The van der Waals surface area contributed by atoms with Crippen molar-refractivity contribution in [2.24, 2.45) is 11.8 Å². The van der Waals surface area contributed by atoms with Crippen LogP contribution in [0, 0.1) is 22.0 Å². The number of amides is 2. The Morgan fingerprint density at radius 1 is 1.39 bits per heavy atom. The van der Waals surface area contributed by atoms with Crippen LogP contribution in [-0.2, 0) is 9.59 Å². The van der Waals surface area contributed by atoms with E-state index in [1.807, 2.05) is 13.8 Å². The molecule has 1 aliphatic heterocycles. The number of carbonyl (C=O) groups excluding carboxylic acids is 2. The maximum absolute atomic E-state index is 12.4. The third kappa shape index (κ3) is 6.19. The molecule has 1 aromatic carbocycles. The summed E-state index contributed by atoms with van der Waals surface area (Å²) in [5, 5.41) is 16.6. The zero-order chi connectivity index (χ0) is 20.7. The van der Waals surface area contributed by atoms with Gasteiger partial charge in [-0.25, -0.2) is 0 Å². The highest BCUT2D eigenvalue weighted by atomic mass is 16.6. The molecule has 0 aromatic heterocycles. The Labute approximate surface area is 164 Å². The van der Waals surface area contributed by atoms with Crippen molar-refractivity contribution in [3.05, 3.63) is 28.3 Å². The molecule has 0 bridgehead atoms. The van der Waals surface area contributed by atoms with E-state index in [0.29, 0.717) is 18.2 Å². The van der Waals surface area contributed by atoms with Gasteiger partial charge in [-0.2, -0.15) is 0 Å². The van der Waals surface area contributed by atoms with Crippen molar-refractivity contribution >= 4 is 23.2 Å². The highest BCUT2D eigenvalue weighted by molar-refractivity contribution is 5.94. The second kappa shape index (κ2) is 10.0. The van der Waals surface area contributed by atoms with Crippen molar-refractivity contribution in [3.8, 4) is 5.75 Å². The summed E-state index contributed by atoms with van der Waals surface area (Å²) >= 11 is 0. The minimum Gasteiger partial charge on any atom is -0.494 e. The first-order valence-corrected chi connectivity index (χ1v) is 9.42. The molecule has 0 aliphatic carbocycles. The number of non-ortho nitro benzene ring substituents is 1. The molecule has 1 atom stereocenters. The number of likely N-dealkylation sites (tertiary alicyclic amines) is 1. The molecule has 154 valence electrons. The van der Waals surface area contributed by atoms with Gasteiger partial charge in [0.15, 0.2) is 0 Å². The van der Waals surface area contributed by atoms with Crippen LogP contribution >= 0.6 is 0 Å². The van der Waals surface area contributed by atoms with Crippen molar-refractivity contribution in [2.45, 2.75) is 26.7 Å². The molecule has 28 heavy (non-hydrogen) atoms. The minimum atomic E-state index is -0.514. The molecule has 0 radical (unpaired) electrons. The SMILES string of the molecule is COc1cc([N+](=O)[O-])ccc1NC(=O)CN1CCCC(CNC(=O)C(C)C)C1. The fourth-order valence-electron chi connectivity index (χ4n) is 3.20. The van der Waals surface area contributed by atoms with Gasteiger partial charge in [0, 0.05) is 25.1 Å². The van der Waals surface area contributed by atoms with Crippen LogP contribution in [0.4, 0.5) is 11.4 Å². The second-order valence-corrected chi connectivity index (χ2v) is 7.33. The van der Waals surface area contributed by atoms with Crippen molar-refractivity contribution in [1.29, 1.82) is 0 Å². The Morgan fingerprint density at radius 3 is 2.79 bits per heavy atom. The van der Waals surface area contributed by atoms with Crippen molar-refractivity contribution in [3.63, 3.8) is 0 Å².